The summed E-state index contributed by atoms with van der Waals surface area (Å²) in [6, 6.07) is 10.7. The number of hydrogen-bond donors (Lipinski definition) is 1. The molecule has 0 radical (unpaired) electrons. The van der Waals surface area contributed by atoms with Crippen molar-refractivity contribution in [1.82, 2.24) is 20.1 Å². The van der Waals surface area contributed by atoms with Crippen LogP contribution in [0.3, 0.4) is 0 Å². The minimum Gasteiger partial charge on any atom is -0.345 e. The van der Waals surface area contributed by atoms with E-state index in [9.17, 15) is 22.8 Å². The van der Waals surface area contributed by atoms with Gasteiger partial charge >= 0.3 is 6.18 Å². The number of amides is 2. The van der Waals surface area contributed by atoms with Crippen molar-refractivity contribution in [3.05, 3.63) is 75.7 Å². The van der Waals surface area contributed by atoms with Crippen LogP contribution >= 0.6 is 11.3 Å². The average Bonchev–Trinajstić information content (AvgIpc) is 3.30. The van der Waals surface area contributed by atoms with E-state index in [-0.39, 0.29) is 23.9 Å². The number of nitrogens with zero attached hydrogens (tertiary/aromatic N) is 3. The van der Waals surface area contributed by atoms with Gasteiger partial charge in [-0.1, -0.05) is 24.3 Å². The van der Waals surface area contributed by atoms with Gasteiger partial charge in [0.05, 0.1) is 11.6 Å². The number of aromatic nitrogens is 1. The number of alkyl halides is 3. The predicted octanol–water partition coefficient (Wildman–Crippen LogP) is 4.08. The lowest BCUT2D eigenvalue weighted by atomic mass is 9.96. The number of benzene rings is 2. The monoisotopic (exact) mass is 500 g/mol. The van der Waals surface area contributed by atoms with Crippen molar-refractivity contribution in [1.29, 1.82) is 0 Å². The van der Waals surface area contributed by atoms with Gasteiger partial charge in [0.15, 0.2) is 5.01 Å². The first kappa shape index (κ1) is 23.5. The van der Waals surface area contributed by atoms with E-state index in [4.69, 9.17) is 0 Å². The molecule has 3 heterocycles. The molecular formula is C25H23F3N4O2S. The van der Waals surface area contributed by atoms with Crippen molar-refractivity contribution in [3.63, 3.8) is 0 Å². The molecule has 0 unspecified atom stereocenters. The fourth-order valence-corrected chi connectivity index (χ4v) is 4.98. The van der Waals surface area contributed by atoms with Crippen LogP contribution in [0.25, 0.3) is 11.1 Å². The second-order valence-corrected chi connectivity index (χ2v) is 9.82. The van der Waals surface area contributed by atoms with E-state index in [1.807, 2.05) is 13.0 Å². The van der Waals surface area contributed by atoms with Crippen molar-refractivity contribution in [2.45, 2.75) is 25.2 Å². The number of nitrogens with one attached hydrogen (secondary N) is 1. The highest BCUT2D eigenvalue weighted by Crippen LogP contribution is 2.32. The summed E-state index contributed by atoms with van der Waals surface area (Å²) in [5.41, 5.74) is 2.12. The molecule has 0 bridgehead atoms. The first-order valence-electron chi connectivity index (χ1n) is 11.2. The van der Waals surface area contributed by atoms with E-state index in [1.54, 1.807) is 28.6 Å². The highest BCUT2D eigenvalue weighted by Gasteiger charge is 2.41. The van der Waals surface area contributed by atoms with E-state index in [0.29, 0.717) is 29.2 Å². The zero-order valence-corrected chi connectivity index (χ0v) is 19.7. The van der Waals surface area contributed by atoms with Gasteiger partial charge in [-0.2, -0.15) is 13.2 Å². The van der Waals surface area contributed by atoms with Gasteiger partial charge in [-0.25, -0.2) is 4.98 Å². The third kappa shape index (κ3) is 4.81. The number of carbonyl (C=O) groups excluding carboxylic acids is 2. The maximum absolute atomic E-state index is 13.0. The molecule has 6 nitrogen and oxygen atoms in total. The Morgan fingerprint density at radius 3 is 2.31 bits per heavy atom. The molecule has 2 amide bonds. The third-order valence-electron chi connectivity index (χ3n) is 6.54. The number of hydrogen-bond acceptors (Lipinski definition) is 5. The molecule has 2 fully saturated rings. The Balaban J connectivity index is 1.13. The van der Waals surface area contributed by atoms with Crippen molar-refractivity contribution in [2.75, 3.05) is 26.2 Å². The summed E-state index contributed by atoms with van der Waals surface area (Å²) in [7, 11) is 0. The van der Waals surface area contributed by atoms with E-state index >= 15 is 0 Å². The Labute approximate surface area is 204 Å². The Hall–Kier alpha value is -3.24. The second kappa shape index (κ2) is 9.09. The lowest BCUT2D eigenvalue weighted by molar-refractivity contribution is -0.137. The zero-order chi connectivity index (χ0) is 24.7. The van der Waals surface area contributed by atoms with Gasteiger partial charge in [0, 0.05) is 49.4 Å². The SMILES string of the molecule is Cc1cc(-c2ccc(C(F)(F)F)cc2)ccc1C(=O)N1CC(N2CC(NC(=O)c3nccs3)C2)C1. The van der Waals surface area contributed by atoms with Gasteiger partial charge in [0.25, 0.3) is 11.8 Å². The van der Waals surface area contributed by atoms with Gasteiger partial charge in [-0.15, -0.1) is 11.3 Å². The zero-order valence-electron chi connectivity index (χ0n) is 18.9. The number of carbonyl (C=O) groups is 2. The van der Waals surface area contributed by atoms with Gasteiger partial charge in [0.1, 0.15) is 0 Å². The summed E-state index contributed by atoms with van der Waals surface area (Å²) in [6.07, 6.45) is -2.76. The minimum atomic E-state index is -4.37. The number of halogens is 3. The molecule has 0 spiro atoms. The largest absolute Gasteiger partial charge is 0.416 e. The summed E-state index contributed by atoms with van der Waals surface area (Å²) in [4.78, 5) is 33.2. The number of aryl methyl sites for hydroxylation is 1. The van der Waals surface area contributed by atoms with Crippen LogP contribution < -0.4 is 5.32 Å². The summed E-state index contributed by atoms with van der Waals surface area (Å²) in [5, 5.41) is 5.21. The van der Waals surface area contributed by atoms with E-state index in [0.717, 1.165) is 36.3 Å². The van der Waals surface area contributed by atoms with E-state index in [1.165, 1.54) is 23.5 Å². The molecule has 0 saturated carbocycles. The Morgan fingerprint density at radius 1 is 1.03 bits per heavy atom. The maximum atomic E-state index is 13.0. The first-order valence-corrected chi connectivity index (χ1v) is 12.1. The summed E-state index contributed by atoms with van der Waals surface area (Å²) in [6.45, 7) is 4.61. The molecule has 1 aromatic heterocycles. The molecule has 35 heavy (non-hydrogen) atoms. The number of thiazole rings is 1. The fraction of sp³-hybridized carbons (Fsp3) is 0.320. The molecule has 10 heteroatoms. The molecule has 2 aliphatic rings. The quantitative estimate of drug-likeness (QED) is 0.574. The second-order valence-electron chi connectivity index (χ2n) is 8.93. The molecule has 0 aliphatic carbocycles. The minimum absolute atomic E-state index is 0.0492. The summed E-state index contributed by atoms with van der Waals surface area (Å²) >= 11 is 1.31. The Kier molecular flexibility index (Phi) is 6.10. The van der Waals surface area contributed by atoms with Gasteiger partial charge in [-0.3, -0.25) is 14.5 Å². The molecule has 1 N–H and O–H groups in total. The molecule has 2 aliphatic heterocycles. The van der Waals surface area contributed by atoms with Crippen LogP contribution in [0.2, 0.25) is 0 Å². The van der Waals surface area contributed by atoms with Gasteiger partial charge in [-0.05, 0) is 41.8 Å². The van der Waals surface area contributed by atoms with E-state index < -0.39 is 11.7 Å². The standard InChI is InChI=1S/C25H23F3N4O2S/c1-15-10-17(16-2-5-18(6-3-16)25(26,27)28)4-7-21(15)24(34)32-13-20(14-32)31-11-19(12-31)30-22(33)23-29-8-9-35-23/h2-10,19-20H,11-14H2,1H3,(H,30,33). The molecule has 3 aromatic rings. The van der Waals surface area contributed by atoms with Crippen LogP contribution in [0, 0.1) is 6.92 Å². The first-order chi connectivity index (χ1) is 16.7. The lowest BCUT2D eigenvalue weighted by Crippen LogP contribution is -2.70. The normalized spacial score (nSPS) is 17.1. The number of likely N-dealkylation sites (tertiary alicyclic amines) is 2. The lowest BCUT2D eigenvalue weighted by Gasteiger charge is -2.51. The summed E-state index contributed by atoms with van der Waals surface area (Å²) < 4.78 is 38.4. The fourth-order valence-electron chi connectivity index (χ4n) is 4.44. The topological polar surface area (TPSA) is 65.5 Å². The molecule has 2 aromatic carbocycles. The molecular weight excluding hydrogens is 477 g/mol. The third-order valence-corrected chi connectivity index (χ3v) is 7.31. The predicted molar refractivity (Wildman–Crippen MR) is 126 cm³/mol. The molecule has 182 valence electrons. The van der Waals surface area contributed by atoms with Crippen molar-refractivity contribution in [3.8, 4) is 11.1 Å². The van der Waals surface area contributed by atoms with Crippen LogP contribution in [-0.4, -0.2) is 64.9 Å². The Bertz CT molecular complexity index is 1230. The molecule has 5 rings (SSSR count). The van der Waals surface area contributed by atoms with Crippen LogP contribution in [0.15, 0.2) is 54.0 Å². The van der Waals surface area contributed by atoms with Gasteiger partial charge in [0.2, 0.25) is 0 Å². The van der Waals surface area contributed by atoms with Crippen LogP contribution in [0.4, 0.5) is 13.2 Å². The van der Waals surface area contributed by atoms with Crippen molar-refractivity contribution >= 4 is 23.2 Å². The molecule has 2 saturated heterocycles. The smallest absolute Gasteiger partial charge is 0.345 e. The molecule has 0 atom stereocenters. The van der Waals surface area contributed by atoms with E-state index in [2.05, 4.69) is 15.2 Å². The highest BCUT2D eigenvalue weighted by molar-refractivity contribution is 7.11. The Morgan fingerprint density at radius 2 is 1.71 bits per heavy atom. The van der Waals surface area contributed by atoms with Crippen LogP contribution in [-0.2, 0) is 6.18 Å². The number of rotatable bonds is 5. The average molecular weight is 501 g/mol. The van der Waals surface area contributed by atoms with Crippen LogP contribution in [0.5, 0.6) is 0 Å². The van der Waals surface area contributed by atoms with Gasteiger partial charge < -0.3 is 10.2 Å². The van der Waals surface area contributed by atoms with Crippen molar-refractivity contribution < 1.29 is 22.8 Å². The van der Waals surface area contributed by atoms with Crippen LogP contribution in [0.1, 0.15) is 31.3 Å². The summed E-state index contributed by atoms with van der Waals surface area (Å²) in [5.74, 6) is -0.197. The highest BCUT2D eigenvalue weighted by atomic mass is 32.1. The maximum Gasteiger partial charge on any atom is 0.416 e. The van der Waals surface area contributed by atoms with Crippen molar-refractivity contribution in [2.24, 2.45) is 0 Å².